The average molecular weight is 1010 g/mol. The van der Waals surface area contributed by atoms with E-state index in [9.17, 15) is 0 Å². The lowest BCUT2D eigenvalue weighted by atomic mass is 9.84. The van der Waals surface area contributed by atoms with Gasteiger partial charge in [-0.05, 0) is 199 Å². The maximum absolute atomic E-state index is 2.37. The van der Waals surface area contributed by atoms with Crippen molar-refractivity contribution >= 4 is 0 Å². The van der Waals surface area contributed by atoms with Gasteiger partial charge in [0.15, 0.2) is 0 Å². The number of hydrogen-bond acceptors (Lipinski definition) is 0. The van der Waals surface area contributed by atoms with Crippen LogP contribution in [0.15, 0.2) is 0 Å². The Hall–Kier alpha value is 0. The molecule has 432 valence electrons. The summed E-state index contributed by atoms with van der Waals surface area (Å²) in [6.45, 7) is 59.7. The number of hydrogen-bond donors (Lipinski definition) is 0. The van der Waals surface area contributed by atoms with Gasteiger partial charge in [-0.15, -0.1) is 0 Å². The van der Waals surface area contributed by atoms with Crippen molar-refractivity contribution in [2.75, 3.05) is 0 Å². The van der Waals surface area contributed by atoms with E-state index in [1.165, 1.54) is 148 Å². The van der Waals surface area contributed by atoms with Crippen LogP contribution in [-0.2, 0) is 0 Å². The zero-order chi connectivity index (χ0) is 55.5. The highest BCUT2D eigenvalue weighted by Crippen LogP contribution is 2.70. The summed E-state index contributed by atoms with van der Waals surface area (Å²) in [4.78, 5) is 0. The lowest BCUT2D eigenvalue weighted by Gasteiger charge is -2.22. The van der Waals surface area contributed by atoms with Crippen LogP contribution in [0, 0.1) is 115 Å². The van der Waals surface area contributed by atoms with E-state index in [0.717, 1.165) is 99.1 Å². The summed E-state index contributed by atoms with van der Waals surface area (Å²) < 4.78 is 0. The largest absolute Gasteiger partial charge is 0.0654 e. The van der Waals surface area contributed by atoms with Crippen LogP contribution in [0.1, 0.15) is 347 Å². The molecule has 0 nitrogen and oxygen atoms in total. The van der Waals surface area contributed by atoms with Crippen LogP contribution in [0.5, 0.6) is 0 Å². The molecular formula is C72H144. The van der Waals surface area contributed by atoms with Crippen molar-refractivity contribution in [3.8, 4) is 0 Å². The third-order valence-electron chi connectivity index (χ3n) is 22.2. The normalized spacial score (nSPS) is 33.4. The Morgan fingerprint density at radius 1 is 0.458 bits per heavy atom. The number of rotatable bonds is 8. The Morgan fingerprint density at radius 2 is 0.778 bits per heavy atom. The van der Waals surface area contributed by atoms with Gasteiger partial charge in [-0.25, -0.2) is 0 Å². The second-order valence-electron chi connectivity index (χ2n) is 31.8. The van der Waals surface area contributed by atoms with Gasteiger partial charge in [-0.2, -0.15) is 0 Å². The molecule has 12 rings (SSSR count). The topological polar surface area (TPSA) is 0 Å². The predicted molar refractivity (Wildman–Crippen MR) is 331 cm³/mol. The first-order valence-corrected chi connectivity index (χ1v) is 33.3. The second-order valence-corrected chi connectivity index (χ2v) is 31.8. The smallest absolute Gasteiger partial charge is 0.0268 e. The highest BCUT2D eigenvalue weighted by atomic mass is 14.6. The molecule has 72 heavy (non-hydrogen) atoms. The first kappa shape index (κ1) is 70.0. The highest BCUT2D eigenvalue weighted by molar-refractivity contribution is 5.10. The van der Waals surface area contributed by atoms with Gasteiger partial charge in [0.05, 0.1) is 0 Å². The van der Waals surface area contributed by atoms with Crippen LogP contribution in [0.4, 0.5) is 0 Å². The Bertz CT molecular complexity index is 1200. The summed E-state index contributed by atoms with van der Waals surface area (Å²) in [5.41, 5.74) is 4.50. The second kappa shape index (κ2) is 32.2. The Labute approximate surface area is 460 Å². The lowest BCUT2D eigenvalue weighted by Crippen LogP contribution is -2.08. The Kier molecular flexibility index (Phi) is 31.3. The molecule has 0 heteroatoms. The van der Waals surface area contributed by atoms with Crippen LogP contribution >= 0.6 is 0 Å². The molecule has 1 spiro atoms. The molecule has 12 saturated carbocycles. The van der Waals surface area contributed by atoms with Gasteiger partial charge in [0.2, 0.25) is 0 Å². The average Bonchev–Trinajstić information content (AvgIpc) is 4.10. The molecule has 0 N–H and O–H groups in total. The molecule has 12 fully saturated rings. The third-order valence-corrected chi connectivity index (χ3v) is 22.2. The molecule has 0 heterocycles. The zero-order valence-electron chi connectivity index (χ0n) is 55.5. The van der Waals surface area contributed by atoms with Gasteiger partial charge < -0.3 is 0 Å². The van der Waals surface area contributed by atoms with Crippen molar-refractivity contribution in [3.63, 3.8) is 0 Å². The molecule has 0 aromatic rings. The molecule has 0 radical (unpaired) electrons. The van der Waals surface area contributed by atoms with Crippen molar-refractivity contribution in [1.29, 1.82) is 0 Å². The van der Waals surface area contributed by atoms with Gasteiger partial charge in [0.25, 0.3) is 0 Å². The molecule has 0 aliphatic heterocycles. The van der Waals surface area contributed by atoms with Crippen LogP contribution in [0.3, 0.4) is 0 Å². The van der Waals surface area contributed by atoms with Crippen LogP contribution in [-0.4, -0.2) is 0 Å². The lowest BCUT2D eigenvalue weighted by molar-refractivity contribution is 0.307. The summed E-state index contributed by atoms with van der Waals surface area (Å²) in [6, 6.07) is 0. The molecule has 4 unspecified atom stereocenters. The van der Waals surface area contributed by atoms with Crippen LogP contribution in [0.25, 0.3) is 0 Å². The van der Waals surface area contributed by atoms with Crippen molar-refractivity contribution in [1.82, 2.24) is 0 Å². The molecule has 7 atom stereocenters. The quantitative estimate of drug-likeness (QED) is 0.227. The predicted octanol–water partition coefficient (Wildman–Crippen LogP) is 25.2. The van der Waals surface area contributed by atoms with Gasteiger partial charge in [-0.3, -0.25) is 0 Å². The monoisotopic (exact) mass is 1010 g/mol. The van der Waals surface area contributed by atoms with Crippen molar-refractivity contribution < 1.29 is 0 Å². The fourth-order valence-corrected chi connectivity index (χ4v) is 9.33. The Morgan fingerprint density at radius 3 is 0.792 bits per heavy atom. The van der Waals surface area contributed by atoms with Crippen molar-refractivity contribution in [2.24, 2.45) is 115 Å². The van der Waals surface area contributed by atoms with Gasteiger partial charge in [-0.1, -0.05) is 263 Å². The van der Waals surface area contributed by atoms with E-state index in [-0.39, 0.29) is 0 Å². The molecule has 0 amide bonds. The zero-order valence-corrected chi connectivity index (χ0v) is 55.5. The van der Waals surface area contributed by atoms with E-state index in [0.29, 0.717) is 16.2 Å². The molecule has 0 aromatic heterocycles. The maximum Gasteiger partial charge on any atom is -0.0268 e. The molecular weight excluding hydrogens is 865 g/mol. The third kappa shape index (κ3) is 34.7. The minimum Gasteiger partial charge on any atom is -0.0654 e. The fourth-order valence-electron chi connectivity index (χ4n) is 9.33. The SMILES string of the molecule is CC(C)C1CC1.CC1C(C)C1C.CC1CC1(C)C.CCC(C)(C)C.CCC1(C)CC1.CCC1(C)CC1.CCC1CC1C.CCC1CCC1.CCC1C[C@@H]1C.CCCC1CC1.C[C@H]1CC1(C)C.C[C@H]1CC12CC2. The minimum atomic E-state index is 0.542. The molecule has 0 aromatic carbocycles. The first-order valence-electron chi connectivity index (χ1n) is 33.3. The summed E-state index contributed by atoms with van der Waals surface area (Å²) in [5.74, 6) is 14.8. The van der Waals surface area contributed by atoms with E-state index >= 15 is 0 Å². The molecule has 12 aliphatic carbocycles. The summed E-state index contributed by atoms with van der Waals surface area (Å²) >= 11 is 0. The van der Waals surface area contributed by atoms with Gasteiger partial charge in [0, 0.05) is 0 Å². The maximum atomic E-state index is 2.37. The van der Waals surface area contributed by atoms with Crippen molar-refractivity contribution in [3.05, 3.63) is 0 Å². The van der Waals surface area contributed by atoms with Crippen molar-refractivity contribution in [2.45, 2.75) is 347 Å². The van der Waals surface area contributed by atoms with E-state index in [2.05, 4.69) is 180 Å². The van der Waals surface area contributed by atoms with E-state index in [4.69, 9.17) is 0 Å². The van der Waals surface area contributed by atoms with Crippen LogP contribution < -0.4 is 0 Å². The summed E-state index contributed by atoms with van der Waals surface area (Å²) in [6.07, 6.45) is 38.1. The molecule has 12 aliphatic rings. The molecule has 0 bridgehead atoms. The van der Waals surface area contributed by atoms with Gasteiger partial charge >= 0.3 is 0 Å². The summed E-state index contributed by atoms with van der Waals surface area (Å²) in [5, 5.41) is 0. The van der Waals surface area contributed by atoms with E-state index < -0.39 is 0 Å². The minimum absolute atomic E-state index is 0.542. The van der Waals surface area contributed by atoms with E-state index in [1.54, 1.807) is 19.3 Å². The van der Waals surface area contributed by atoms with Crippen LogP contribution in [0.2, 0.25) is 0 Å². The standard InChI is InChI=1S/C6H10.10C6H12.C6H14/c1-5-4-6(5)2-3-6;2*1-5-4-6(5,2)3;1-5(2)6-3-4-6;1-4-5(2)6(4)3;2*1-3-6(2)4-5-6;2*1-3-6-4-5(6)2;1-2-6-4-3-5-6;1-2-3-6-4-5-6;1-5-6(2,3)4/h5H,2-4H2,1H3;2*5H,4H2,1-3H3;5-6H,3-4H2,1-2H3;4-6H,1-3H3;2*3-5H2,1-2H3;2*5-6H,3-4H2,1-2H3;2*6H,2-5H2,1H3;5H2,1-4H3/t2*5-;;;;;;5-,6?;;;;/m00.....0..../s1. The van der Waals surface area contributed by atoms with Gasteiger partial charge in [0.1, 0.15) is 0 Å². The summed E-state index contributed by atoms with van der Waals surface area (Å²) in [7, 11) is 0. The highest BCUT2D eigenvalue weighted by Gasteiger charge is 2.59. The molecule has 0 saturated heterocycles. The Balaban J connectivity index is 0.000000393. The van der Waals surface area contributed by atoms with E-state index in [1.807, 2.05) is 0 Å². The fraction of sp³-hybridized carbons (Fsp3) is 1.00. The first-order chi connectivity index (χ1) is 33.3.